The summed E-state index contributed by atoms with van der Waals surface area (Å²) in [6.07, 6.45) is 2.77. The third-order valence-corrected chi connectivity index (χ3v) is 3.97. The maximum atomic E-state index is 13.2. The third-order valence-electron chi connectivity index (χ3n) is 3.97. The molecule has 4 heteroatoms. The molecular weight excluding hydrogens is 303 g/mol. The van der Waals surface area contributed by atoms with Crippen LogP contribution in [0, 0.1) is 5.82 Å². The van der Waals surface area contributed by atoms with Crippen LogP contribution in [0.1, 0.15) is 18.1 Å². The Morgan fingerprint density at radius 3 is 2.50 bits per heavy atom. The van der Waals surface area contributed by atoms with Crippen molar-refractivity contribution in [3.63, 3.8) is 0 Å². The molecule has 0 unspecified atom stereocenters. The number of hydrogen-bond donors (Lipinski definition) is 0. The predicted molar refractivity (Wildman–Crippen MR) is 93.1 cm³/mol. The molecule has 0 amide bonds. The fourth-order valence-electron chi connectivity index (χ4n) is 2.71. The zero-order valence-corrected chi connectivity index (χ0v) is 13.8. The highest BCUT2D eigenvalue weighted by Gasteiger charge is 2.11. The summed E-state index contributed by atoms with van der Waals surface area (Å²) in [5.74, 6) is -0.228. The Balaban J connectivity index is 1.67. The number of hydrogen-bond acceptors (Lipinski definition) is 2. The maximum Gasteiger partial charge on any atom is 0.123 e. The van der Waals surface area contributed by atoms with Crippen molar-refractivity contribution >= 4 is 0 Å². The van der Waals surface area contributed by atoms with Gasteiger partial charge in [0.2, 0.25) is 0 Å². The lowest BCUT2D eigenvalue weighted by atomic mass is 10.1. The first kappa shape index (κ1) is 16.4. The van der Waals surface area contributed by atoms with Crippen LogP contribution in [-0.4, -0.2) is 16.4 Å². The van der Waals surface area contributed by atoms with Gasteiger partial charge in [0.05, 0.1) is 31.6 Å². The number of aromatic nitrogens is 2. The van der Waals surface area contributed by atoms with Gasteiger partial charge in [-0.3, -0.25) is 4.68 Å². The number of halogens is 1. The fourth-order valence-corrected chi connectivity index (χ4v) is 2.71. The second kappa shape index (κ2) is 7.88. The molecule has 0 bridgehead atoms. The number of rotatable bonds is 7. The first-order chi connectivity index (χ1) is 11.8. The van der Waals surface area contributed by atoms with Crippen molar-refractivity contribution in [2.75, 3.05) is 6.61 Å². The van der Waals surface area contributed by atoms with Crippen LogP contribution in [-0.2, 0) is 24.3 Å². The first-order valence-corrected chi connectivity index (χ1v) is 8.20. The van der Waals surface area contributed by atoms with Crippen LogP contribution < -0.4 is 0 Å². The standard InChI is InChI=1S/C20H21FN2O/c1-2-17-14-22-23(20(17)18-8-10-19(21)11-9-18)12-13-24-15-16-6-4-3-5-7-16/h3-11,14H,2,12-13,15H2,1H3. The van der Waals surface area contributed by atoms with Crippen molar-refractivity contribution < 1.29 is 9.13 Å². The van der Waals surface area contributed by atoms with Crippen LogP contribution in [0.5, 0.6) is 0 Å². The molecule has 0 aliphatic rings. The van der Waals surface area contributed by atoms with Gasteiger partial charge in [0, 0.05) is 5.56 Å². The molecule has 1 heterocycles. The van der Waals surface area contributed by atoms with E-state index >= 15 is 0 Å². The highest BCUT2D eigenvalue weighted by atomic mass is 19.1. The summed E-state index contributed by atoms with van der Waals surface area (Å²) < 4.78 is 20.9. The molecule has 3 nitrogen and oxygen atoms in total. The summed E-state index contributed by atoms with van der Waals surface area (Å²) in [5, 5.41) is 4.47. The van der Waals surface area contributed by atoms with Crippen LogP contribution in [0.3, 0.4) is 0 Å². The minimum absolute atomic E-state index is 0.228. The van der Waals surface area contributed by atoms with Crippen LogP contribution in [0.15, 0.2) is 60.8 Å². The second-order valence-corrected chi connectivity index (χ2v) is 5.64. The van der Waals surface area contributed by atoms with E-state index in [0.29, 0.717) is 19.8 Å². The molecule has 0 saturated heterocycles. The fraction of sp³-hybridized carbons (Fsp3) is 0.250. The number of nitrogens with zero attached hydrogens (tertiary/aromatic N) is 2. The van der Waals surface area contributed by atoms with E-state index in [9.17, 15) is 4.39 Å². The summed E-state index contributed by atoms with van der Waals surface area (Å²) in [7, 11) is 0. The molecule has 0 spiro atoms. The van der Waals surface area contributed by atoms with Crippen molar-refractivity contribution in [2.45, 2.75) is 26.5 Å². The van der Waals surface area contributed by atoms with Crippen molar-refractivity contribution in [3.05, 3.63) is 77.7 Å². The van der Waals surface area contributed by atoms with Crippen LogP contribution in [0.4, 0.5) is 4.39 Å². The van der Waals surface area contributed by atoms with Gasteiger partial charge in [-0.1, -0.05) is 37.3 Å². The smallest absolute Gasteiger partial charge is 0.123 e. The average Bonchev–Trinajstić information content (AvgIpc) is 3.03. The highest BCUT2D eigenvalue weighted by Crippen LogP contribution is 2.24. The SMILES string of the molecule is CCc1cnn(CCOCc2ccccc2)c1-c1ccc(F)cc1. The highest BCUT2D eigenvalue weighted by molar-refractivity contribution is 5.63. The van der Waals surface area contributed by atoms with E-state index < -0.39 is 0 Å². The predicted octanol–water partition coefficient (Wildman–Crippen LogP) is 4.47. The molecule has 3 rings (SSSR count). The Labute approximate surface area is 141 Å². The number of benzene rings is 2. The summed E-state index contributed by atoms with van der Waals surface area (Å²) in [6, 6.07) is 16.7. The molecule has 3 aromatic rings. The molecule has 0 saturated carbocycles. The van der Waals surface area contributed by atoms with Crippen molar-refractivity contribution in [1.29, 1.82) is 0 Å². The van der Waals surface area contributed by atoms with Crippen LogP contribution >= 0.6 is 0 Å². The molecule has 1 aromatic heterocycles. The lowest BCUT2D eigenvalue weighted by molar-refractivity contribution is 0.111. The maximum absolute atomic E-state index is 13.2. The molecule has 24 heavy (non-hydrogen) atoms. The Morgan fingerprint density at radius 1 is 1.04 bits per heavy atom. The summed E-state index contributed by atoms with van der Waals surface area (Å²) in [4.78, 5) is 0. The van der Waals surface area contributed by atoms with Gasteiger partial charge in [-0.25, -0.2) is 4.39 Å². The Hall–Kier alpha value is -2.46. The van der Waals surface area contributed by atoms with Gasteiger partial charge in [0.25, 0.3) is 0 Å². The Morgan fingerprint density at radius 2 is 1.79 bits per heavy atom. The van der Waals surface area contributed by atoms with Gasteiger partial charge in [-0.2, -0.15) is 5.10 Å². The Kier molecular flexibility index (Phi) is 5.39. The largest absolute Gasteiger partial charge is 0.375 e. The second-order valence-electron chi connectivity index (χ2n) is 5.64. The van der Waals surface area contributed by atoms with E-state index in [1.54, 1.807) is 12.1 Å². The number of ether oxygens (including phenoxy) is 1. The van der Waals surface area contributed by atoms with Crippen molar-refractivity contribution in [3.8, 4) is 11.3 Å². The van der Waals surface area contributed by atoms with E-state index in [1.807, 2.05) is 41.2 Å². The topological polar surface area (TPSA) is 27.1 Å². The van der Waals surface area contributed by atoms with Gasteiger partial charge in [-0.15, -0.1) is 0 Å². The molecular formula is C20H21FN2O. The molecule has 0 aliphatic carbocycles. The summed E-state index contributed by atoms with van der Waals surface area (Å²) in [6.45, 7) is 3.93. The van der Waals surface area contributed by atoms with E-state index in [2.05, 4.69) is 12.0 Å². The minimum Gasteiger partial charge on any atom is -0.375 e. The summed E-state index contributed by atoms with van der Waals surface area (Å²) in [5.41, 5.74) is 4.34. The lowest BCUT2D eigenvalue weighted by Crippen LogP contribution is -2.09. The van der Waals surface area contributed by atoms with Gasteiger partial charge >= 0.3 is 0 Å². The quantitative estimate of drug-likeness (QED) is 0.600. The molecule has 0 aliphatic heterocycles. The minimum atomic E-state index is -0.228. The molecule has 0 N–H and O–H groups in total. The van der Waals surface area contributed by atoms with Gasteiger partial charge in [0.1, 0.15) is 5.82 Å². The van der Waals surface area contributed by atoms with Crippen LogP contribution in [0.2, 0.25) is 0 Å². The zero-order chi connectivity index (χ0) is 16.8. The third kappa shape index (κ3) is 3.89. The lowest BCUT2D eigenvalue weighted by Gasteiger charge is -2.10. The van der Waals surface area contributed by atoms with Gasteiger partial charge in [0.15, 0.2) is 0 Å². The zero-order valence-electron chi connectivity index (χ0n) is 13.8. The molecule has 0 radical (unpaired) electrons. The molecule has 2 aromatic carbocycles. The molecule has 124 valence electrons. The monoisotopic (exact) mass is 324 g/mol. The number of aryl methyl sites for hydroxylation is 1. The molecule has 0 atom stereocenters. The molecule has 0 fully saturated rings. The van der Waals surface area contributed by atoms with E-state index in [4.69, 9.17) is 4.74 Å². The van der Waals surface area contributed by atoms with Gasteiger partial charge in [-0.05, 0) is 41.8 Å². The van der Waals surface area contributed by atoms with Crippen molar-refractivity contribution in [1.82, 2.24) is 9.78 Å². The van der Waals surface area contributed by atoms with Gasteiger partial charge < -0.3 is 4.74 Å². The van der Waals surface area contributed by atoms with Crippen molar-refractivity contribution in [2.24, 2.45) is 0 Å². The Bertz CT molecular complexity index is 766. The van der Waals surface area contributed by atoms with E-state index in [-0.39, 0.29) is 5.82 Å². The van der Waals surface area contributed by atoms with E-state index in [0.717, 1.165) is 28.8 Å². The summed E-state index contributed by atoms with van der Waals surface area (Å²) >= 11 is 0. The van der Waals surface area contributed by atoms with Crippen LogP contribution in [0.25, 0.3) is 11.3 Å². The first-order valence-electron chi connectivity index (χ1n) is 8.20. The normalized spacial score (nSPS) is 10.9. The average molecular weight is 324 g/mol. The van der Waals surface area contributed by atoms with E-state index in [1.165, 1.54) is 12.1 Å².